The van der Waals surface area contributed by atoms with E-state index in [4.69, 9.17) is 10.7 Å². The molecule has 2 nitrogen and oxygen atoms in total. The van der Waals surface area contributed by atoms with Crippen molar-refractivity contribution < 1.29 is 0 Å². The van der Waals surface area contributed by atoms with Crippen LogP contribution >= 0.6 is 0 Å². The van der Waals surface area contributed by atoms with Gasteiger partial charge in [-0.2, -0.15) is 0 Å². The number of fused-ring (bicyclic) bond motifs is 2. The SMILES string of the molecule is NC1=C2CCCCC2=N[C@@H]2CCCC[C@H]12. The zero-order valence-electron chi connectivity index (χ0n) is 9.34. The Labute approximate surface area is 91.6 Å². The van der Waals surface area contributed by atoms with Gasteiger partial charge in [-0.3, -0.25) is 4.99 Å². The van der Waals surface area contributed by atoms with Crippen molar-refractivity contribution in [3.05, 3.63) is 11.3 Å². The number of hydrogen-bond acceptors (Lipinski definition) is 2. The average molecular weight is 204 g/mol. The van der Waals surface area contributed by atoms with Gasteiger partial charge in [-0.05, 0) is 44.1 Å². The van der Waals surface area contributed by atoms with Crippen LogP contribution in [0.3, 0.4) is 0 Å². The second kappa shape index (κ2) is 3.66. The lowest BCUT2D eigenvalue weighted by Gasteiger charge is -2.36. The third kappa shape index (κ3) is 1.51. The normalized spacial score (nSPS) is 35.6. The molecular formula is C13H20N2. The van der Waals surface area contributed by atoms with Gasteiger partial charge in [-0.15, -0.1) is 0 Å². The van der Waals surface area contributed by atoms with Crippen LogP contribution in [-0.4, -0.2) is 11.8 Å². The Balaban J connectivity index is 1.95. The van der Waals surface area contributed by atoms with Crippen LogP contribution in [0.15, 0.2) is 16.3 Å². The number of nitrogens with two attached hydrogens (primary N) is 1. The molecule has 0 bridgehead atoms. The molecule has 0 radical (unpaired) electrons. The van der Waals surface area contributed by atoms with Gasteiger partial charge in [0.25, 0.3) is 0 Å². The van der Waals surface area contributed by atoms with Gasteiger partial charge in [0.05, 0.1) is 6.04 Å². The third-order valence-corrected chi connectivity index (χ3v) is 4.24. The standard InChI is InChI=1S/C13H20N2/c14-13-9-5-1-3-7-11(9)15-12-8-4-2-6-10(12)13/h9,11H,1-8,14H2/t9-,11+/m0/s1. The van der Waals surface area contributed by atoms with Gasteiger partial charge < -0.3 is 5.73 Å². The fourth-order valence-electron chi connectivity index (χ4n) is 3.40. The van der Waals surface area contributed by atoms with Gasteiger partial charge in [-0.1, -0.05) is 12.8 Å². The van der Waals surface area contributed by atoms with E-state index in [-0.39, 0.29) is 0 Å². The fourth-order valence-corrected chi connectivity index (χ4v) is 3.40. The van der Waals surface area contributed by atoms with E-state index in [9.17, 15) is 0 Å². The highest BCUT2D eigenvalue weighted by molar-refractivity contribution is 6.02. The zero-order valence-corrected chi connectivity index (χ0v) is 9.34. The summed E-state index contributed by atoms with van der Waals surface area (Å²) in [6.07, 6.45) is 10.2. The summed E-state index contributed by atoms with van der Waals surface area (Å²) in [4.78, 5) is 4.96. The molecule has 0 spiro atoms. The van der Waals surface area contributed by atoms with Crippen LogP contribution in [0.4, 0.5) is 0 Å². The van der Waals surface area contributed by atoms with E-state index in [1.807, 2.05) is 0 Å². The molecule has 2 saturated carbocycles. The Kier molecular flexibility index (Phi) is 2.30. The first-order valence-corrected chi connectivity index (χ1v) is 6.42. The quantitative estimate of drug-likeness (QED) is 0.647. The predicted molar refractivity (Wildman–Crippen MR) is 62.9 cm³/mol. The molecule has 3 aliphatic rings. The highest BCUT2D eigenvalue weighted by atomic mass is 14.9. The van der Waals surface area contributed by atoms with Crippen LogP contribution in [0.5, 0.6) is 0 Å². The molecule has 1 heterocycles. The Bertz CT molecular complexity index is 327. The third-order valence-electron chi connectivity index (χ3n) is 4.24. The van der Waals surface area contributed by atoms with Gasteiger partial charge in [0.1, 0.15) is 0 Å². The molecule has 3 rings (SSSR count). The van der Waals surface area contributed by atoms with Crippen LogP contribution in [0.2, 0.25) is 0 Å². The Morgan fingerprint density at radius 3 is 2.73 bits per heavy atom. The maximum atomic E-state index is 6.34. The van der Waals surface area contributed by atoms with Crippen LogP contribution in [0.1, 0.15) is 51.4 Å². The zero-order chi connectivity index (χ0) is 10.3. The summed E-state index contributed by atoms with van der Waals surface area (Å²) in [6.45, 7) is 0. The van der Waals surface area contributed by atoms with Gasteiger partial charge in [0, 0.05) is 17.3 Å². The van der Waals surface area contributed by atoms with E-state index in [0.717, 1.165) is 0 Å². The Morgan fingerprint density at radius 2 is 1.80 bits per heavy atom. The topological polar surface area (TPSA) is 38.4 Å². The van der Waals surface area contributed by atoms with Crippen molar-refractivity contribution in [1.29, 1.82) is 0 Å². The van der Waals surface area contributed by atoms with Crippen molar-refractivity contribution in [3.8, 4) is 0 Å². The maximum absolute atomic E-state index is 6.34. The molecule has 2 fully saturated rings. The first kappa shape index (κ1) is 9.44. The van der Waals surface area contributed by atoms with Gasteiger partial charge in [0.2, 0.25) is 0 Å². The first-order valence-electron chi connectivity index (χ1n) is 6.42. The smallest absolute Gasteiger partial charge is 0.0585 e. The molecule has 0 amide bonds. The monoisotopic (exact) mass is 204 g/mol. The molecule has 2 N–H and O–H groups in total. The molecule has 0 aromatic carbocycles. The van der Waals surface area contributed by atoms with E-state index in [2.05, 4.69) is 0 Å². The molecule has 0 saturated heterocycles. The second-order valence-electron chi connectivity index (χ2n) is 5.18. The van der Waals surface area contributed by atoms with E-state index < -0.39 is 0 Å². The summed E-state index contributed by atoms with van der Waals surface area (Å²) in [5.41, 5.74) is 10.4. The van der Waals surface area contributed by atoms with Crippen molar-refractivity contribution in [2.45, 2.75) is 57.4 Å². The lowest BCUT2D eigenvalue weighted by Crippen LogP contribution is -2.35. The number of allylic oxidation sites excluding steroid dienone is 1. The summed E-state index contributed by atoms with van der Waals surface area (Å²) in [5.74, 6) is 0.593. The van der Waals surface area contributed by atoms with Gasteiger partial charge in [0.15, 0.2) is 0 Å². The minimum Gasteiger partial charge on any atom is -0.401 e. The van der Waals surface area contributed by atoms with E-state index >= 15 is 0 Å². The van der Waals surface area contributed by atoms with Crippen molar-refractivity contribution in [2.24, 2.45) is 16.6 Å². The van der Waals surface area contributed by atoms with Crippen LogP contribution < -0.4 is 5.73 Å². The molecule has 0 aromatic heterocycles. The van der Waals surface area contributed by atoms with Gasteiger partial charge >= 0.3 is 0 Å². The number of nitrogens with zero attached hydrogens (tertiary/aromatic N) is 1. The summed E-state index contributed by atoms with van der Waals surface area (Å²) < 4.78 is 0. The maximum Gasteiger partial charge on any atom is 0.0585 e. The Hall–Kier alpha value is -0.790. The molecule has 82 valence electrons. The summed E-state index contributed by atoms with van der Waals surface area (Å²) >= 11 is 0. The van der Waals surface area contributed by atoms with Crippen LogP contribution in [0, 0.1) is 5.92 Å². The van der Waals surface area contributed by atoms with E-state index in [1.165, 1.54) is 68.3 Å². The Morgan fingerprint density at radius 1 is 1.00 bits per heavy atom. The predicted octanol–water partition coefficient (Wildman–Crippen LogP) is 2.79. The molecular weight excluding hydrogens is 184 g/mol. The molecule has 15 heavy (non-hydrogen) atoms. The van der Waals surface area contributed by atoms with Crippen LogP contribution in [0.25, 0.3) is 0 Å². The second-order valence-corrected chi connectivity index (χ2v) is 5.18. The summed E-state index contributed by atoms with van der Waals surface area (Å²) in [6, 6.07) is 0.538. The molecule has 2 aliphatic carbocycles. The van der Waals surface area contributed by atoms with E-state index in [1.54, 1.807) is 0 Å². The minimum atomic E-state index is 0.538. The van der Waals surface area contributed by atoms with E-state index in [0.29, 0.717) is 12.0 Å². The lowest BCUT2D eigenvalue weighted by molar-refractivity contribution is 0.339. The van der Waals surface area contributed by atoms with Crippen molar-refractivity contribution >= 4 is 5.71 Å². The number of hydrogen-bond donors (Lipinski definition) is 1. The molecule has 0 aromatic rings. The minimum absolute atomic E-state index is 0.538. The summed E-state index contributed by atoms with van der Waals surface area (Å²) in [5, 5.41) is 0. The first-order chi connectivity index (χ1) is 7.36. The van der Waals surface area contributed by atoms with Crippen molar-refractivity contribution in [1.82, 2.24) is 0 Å². The fraction of sp³-hybridized carbons (Fsp3) is 0.769. The highest BCUT2D eigenvalue weighted by Crippen LogP contribution is 2.38. The van der Waals surface area contributed by atoms with Crippen LogP contribution in [-0.2, 0) is 0 Å². The average Bonchev–Trinajstić information content (AvgIpc) is 2.30. The van der Waals surface area contributed by atoms with Crippen molar-refractivity contribution in [3.63, 3.8) is 0 Å². The number of aliphatic imine (C=N–C) groups is 1. The number of rotatable bonds is 0. The molecule has 2 heteroatoms. The highest BCUT2D eigenvalue weighted by Gasteiger charge is 2.33. The molecule has 2 atom stereocenters. The lowest BCUT2D eigenvalue weighted by atomic mass is 9.76. The molecule has 1 aliphatic heterocycles. The van der Waals surface area contributed by atoms with Crippen molar-refractivity contribution in [2.75, 3.05) is 0 Å². The summed E-state index contributed by atoms with van der Waals surface area (Å²) in [7, 11) is 0. The largest absolute Gasteiger partial charge is 0.401 e. The molecule has 0 unspecified atom stereocenters. The number of dihydropyridines is 1. The van der Waals surface area contributed by atoms with Gasteiger partial charge in [-0.25, -0.2) is 0 Å².